The standard InChI is InChI=1S/C13H13N3S/c1-2-6-13-11(5-1)12(9-17-13)14-8-10-4-3-7-15-16-10/h1-7,12,14H,8-9H2. The fourth-order valence-electron chi connectivity index (χ4n) is 1.99. The van der Waals surface area contributed by atoms with Gasteiger partial charge >= 0.3 is 0 Å². The summed E-state index contributed by atoms with van der Waals surface area (Å²) in [6.45, 7) is 0.771. The van der Waals surface area contributed by atoms with Gasteiger partial charge in [0.15, 0.2) is 0 Å². The Kier molecular flexibility index (Phi) is 3.07. The number of hydrogen-bond acceptors (Lipinski definition) is 4. The topological polar surface area (TPSA) is 37.8 Å². The first-order valence-electron chi connectivity index (χ1n) is 5.65. The first-order chi connectivity index (χ1) is 8.43. The van der Waals surface area contributed by atoms with Crippen molar-refractivity contribution in [3.63, 3.8) is 0 Å². The molecule has 2 heterocycles. The van der Waals surface area contributed by atoms with Gasteiger partial charge < -0.3 is 5.32 Å². The molecule has 86 valence electrons. The van der Waals surface area contributed by atoms with Crippen LogP contribution in [0.15, 0.2) is 47.5 Å². The van der Waals surface area contributed by atoms with Gasteiger partial charge in [0.25, 0.3) is 0 Å². The Balaban J connectivity index is 1.68. The molecule has 1 unspecified atom stereocenters. The predicted molar refractivity (Wildman–Crippen MR) is 68.8 cm³/mol. The third-order valence-corrected chi connectivity index (χ3v) is 4.04. The summed E-state index contributed by atoms with van der Waals surface area (Å²) in [6, 6.07) is 12.9. The molecule has 0 spiro atoms. The zero-order valence-corrected chi connectivity index (χ0v) is 10.2. The van der Waals surface area contributed by atoms with Gasteiger partial charge in [0.1, 0.15) is 0 Å². The average molecular weight is 243 g/mol. The molecule has 0 saturated heterocycles. The fourth-order valence-corrected chi connectivity index (χ4v) is 3.18. The molecule has 2 aromatic rings. The Hall–Kier alpha value is -1.39. The van der Waals surface area contributed by atoms with Gasteiger partial charge in [-0.3, -0.25) is 0 Å². The maximum Gasteiger partial charge on any atom is 0.0769 e. The van der Waals surface area contributed by atoms with Gasteiger partial charge in [-0.1, -0.05) is 18.2 Å². The monoisotopic (exact) mass is 243 g/mol. The summed E-state index contributed by atoms with van der Waals surface area (Å²) in [5, 5.41) is 11.5. The highest BCUT2D eigenvalue weighted by molar-refractivity contribution is 7.99. The first kappa shape index (κ1) is 10.7. The summed E-state index contributed by atoms with van der Waals surface area (Å²) in [6.07, 6.45) is 1.70. The van der Waals surface area contributed by atoms with Gasteiger partial charge in [-0.2, -0.15) is 10.2 Å². The summed E-state index contributed by atoms with van der Waals surface area (Å²) in [7, 11) is 0. The lowest BCUT2D eigenvalue weighted by molar-refractivity contribution is 0.572. The number of thioether (sulfide) groups is 1. The van der Waals surface area contributed by atoms with Crippen molar-refractivity contribution in [2.75, 3.05) is 5.75 Å². The minimum Gasteiger partial charge on any atom is -0.303 e. The van der Waals surface area contributed by atoms with Crippen molar-refractivity contribution < 1.29 is 0 Å². The van der Waals surface area contributed by atoms with Gasteiger partial charge in [0, 0.05) is 29.4 Å². The lowest BCUT2D eigenvalue weighted by Crippen LogP contribution is -2.21. The van der Waals surface area contributed by atoms with Crippen LogP contribution in [-0.2, 0) is 6.54 Å². The maximum absolute atomic E-state index is 4.08. The van der Waals surface area contributed by atoms with Crippen molar-refractivity contribution >= 4 is 11.8 Å². The SMILES string of the molecule is c1cnnc(CNC2CSc3ccccc32)c1. The minimum absolute atomic E-state index is 0.429. The van der Waals surface area contributed by atoms with Crippen molar-refractivity contribution in [2.24, 2.45) is 0 Å². The smallest absolute Gasteiger partial charge is 0.0769 e. The second-order valence-corrected chi connectivity index (χ2v) is 5.06. The van der Waals surface area contributed by atoms with E-state index in [0.29, 0.717) is 6.04 Å². The summed E-state index contributed by atoms with van der Waals surface area (Å²) in [4.78, 5) is 1.39. The number of fused-ring (bicyclic) bond motifs is 1. The van der Waals surface area contributed by atoms with E-state index in [1.807, 2.05) is 23.9 Å². The number of nitrogens with zero attached hydrogens (tertiary/aromatic N) is 2. The summed E-state index contributed by atoms with van der Waals surface area (Å²) < 4.78 is 0. The third kappa shape index (κ3) is 2.33. The number of nitrogens with one attached hydrogen (secondary N) is 1. The summed E-state index contributed by atoms with van der Waals surface area (Å²) >= 11 is 1.91. The van der Waals surface area contributed by atoms with Gasteiger partial charge in [-0.05, 0) is 23.8 Å². The van der Waals surface area contributed by atoms with Crippen LogP contribution < -0.4 is 5.32 Å². The molecule has 1 aromatic heterocycles. The molecular weight excluding hydrogens is 230 g/mol. The molecule has 1 aromatic carbocycles. The zero-order valence-electron chi connectivity index (χ0n) is 9.34. The molecule has 17 heavy (non-hydrogen) atoms. The van der Waals surface area contributed by atoms with E-state index >= 15 is 0 Å². The maximum atomic E-state index is 4.08. The molecule has 0 fully saturated rings. The Morgan fingerprint density at radius 2 is 2.18 bits per heavy atom. The van der Waals surface area contributed by atoms with Crippen molar-refractivity contribution in [3.05, 3.63) is 53.9 Å². The van der Waals surface area contributed by atoms with Crippen LogP contribution in [0.25, 0.3) is 0 Å². The molecule has 0 aliphatic carbocycles. The molecule has 1 atom stereocenters. The van der Waals surface area contributed by atoms with Gasteiger partial charge in [-0.25, -0.2) is 0 Å². The second kappa shape index (κ2) is 4.85. The predicted octanol–water partition coefficient (Wildman–Crippen LogP) is 2.41. The van der Waals surface area contributed by atoms with E-state index in [4.69, 9.17) is 0 Å². The largest absolute Gasteiger partial charge is 0.303 e. The molecule has 0 bridgehead atoms. The highest BCUT2D eigenvalue weighted by atomic mass is 32.2. The van der Waals surface area contributed by atoms with Crippen LogP contribution in [0.5, 0.6) is 0 Å². The number of aromatic nitrogens is 2. The van der Waals surface area contributed by atoms with Crippen LogP contribution in [0.2, 0.25) is 0 Å². The van der Waals surface area contributed by atoms with Crippen molar-refractivity contribution in [2.45, 2.75) is 17.5 Å². The lowest BCUT2D eigenvalue weighted by Gasteiger charge is -2.12. The van der Waals surface area contributed by atoms with Crippen LogP contribution in [0.1, 0.15) is 17.3 Å². The minimum atomic E-state index is 0.429. The van der Waals surface area contributed by atoms with E-state index in [-0.39, 0.29) is 0 Å². The Morgan fingerprint density at radius 1 is 1.24 bits per heavy atom. The van der Waals surface area contributed by atoms with E-state index in [9.17, 15) is 0 Å². The molecule has 1 N–H and O–H groups in total. The van der Waals surface area contributed by atoms with E-state index in [0.717, 1.165) is 18.0 Å². The molecule has 1 aliphatic rings. The van der Waals surface area contributed by atoms with Crippen LogP contribution >= 0.6 is 11.8 Å². The molecule has 0 radical (unpaired) electrons. The molecule has 4 heteroatoms. The van der Waals surface area contributed by atoms with Gasteiger partial charge in [0.05, 0.1) is 5.69 Å². The average Bonchev–Trinajstić information content (AvgIpc) is 2.81. The molecular formula is C13H13N3S. The molecule has 0 saturated carbocycles. The van der Waals surface area contributed by atoms with Crippen LogP contribution in [0.3, 0.4) is 0 Å². The lowest BCUT2D eigenvalue weighted by atomic mass is 10.1. The first-order valence-corrected chi connectivity index (χ1v) is 6.64. The van der Waals surface area contributed by atoms with Crippen molar-refractivity contribution in [1.82, 2.24) is 15.5 Å². The van der Waals surface area contributed by atoms with Gasteiger partial charge in [-0.15, -0.1) is 11.8 Å². The molecule has 3 rings (SSSR count). The Bertz CT molecular complexity index is 501. The highest BCUT2D eigenvalue weighted by Crippen LogP contribution is 2.37. The summed E-state index contributed by atoms with van der Waals surface area (Å²) in [5.74, 6) is 1.10. The third-order valence-electron chi connectivity index (χ3n) is 2.86. The van der Waals surface area contributed by atoms with E-state index in [1.54, 1.807) is 6.20 Å². The van der Waals surface area contributed by atoms with E-state index in [1.165, 1.54) is 10.5 Å². The molecule has 0 amide bonds. The van der Waals surface area contributed by atoms with Crippen LogP contribution in [0, 0.1) is 0 Å². The number of benzene rings is 1. The van der Waals surface area contributed by atoms with Crippen molar-refractivity contribution in [3.8, 4) is 0 Å². The molecule has 3 nitrogen and oxygen atoms in total. The number of hydrogen-bond donors (Lipinski definition) is 1. The molecule has 1 aliphatic heterocycles. The van der Waals surface area contributed by atoms with E-state index < -0.39 is 0 Å². The highest BCUT2D eigenvalue weighted by Gasteiger charge is 2.21. The van der Waals surface area contributed by atoms with E-state index in [2.05, 4.69) is 39.8 Å². The van der Waals surface area contributed by atoms with Crippen LogP contribution in [-0.4, -0.2) is 16.0 Å². The zero-order chi connectivity index (χ0) is 11.5. The van der Waals surface area contributed by atoms with Gasteiger partial charge in [0.2, 0.25) is 0 Å². The quantitative estimate of drug-likeness (QED) is 0.898. The summed E-state index contributed by atoms with van der Waals surface area (Å²) in [5.41, 5.74) is 2.39. The number of rotatable bonds is 3. The van der Waals surface area contributed by atoms with Crippen LogP contribution in [0.4, 0.5) is 0 Å². The fraction of sp³-hybridized carbons (Fsp3) is 0.231. The second-order valence-electron chi connectivity index (χ2n) is 4.00. The van der Waals surface area contributed by atoms with Crippen molar-refractivity contribution in [1.29, 1.82) is 0 Å². The Morgan fingerprint density at radius 3 is 3.06 bits per heavy atom. The normalized spacial score (nSPS) is 18.0. The Labute approximate surface area is 105 Å².